The fraction of sp³-hybridized carbons (Fsp3) is 0.579. The van der Waals surface area contributed by atoms with E-state index in [0.29, 0.717) is 24.3 Å². The molecule has 140 valence electrons. The minimum Gasteiger partial charge on any atom is -0.372 e. The number of methoxy groups -OCH3 is 1. The van der Waals surface area contributed by atoms with E-state index in [1.165, 1.54) is 24.3 Å². The van der Waals surface area contributed by atoms with Crippen LogP contribution in [0.15, 0.2) is 30.1 Å². The van der Waals surface area contributed by atoms with E-state index in [9.17, 15) is 22.0 Å². The highest BCUT2D eigenvalue weighted by molar-refractivity contribution is 5.61. The molecule has 0 radical (unpaired) electrons. The quantitative estimate of drug-likeness (QED) is 0.563. The van der Waals surface area contributed by atoms with Gasteiger partial charge in [-0.1, -0.05) is 44.0 Å². The Bertz CT molecular complexity index is 583. The van der Waals surface area contributed by atoms with Gasteiger partial charge in [-0.25, -0.2) is 8.78 Å². The van der Waals surface area contributed by atoms with Crippen LogP contribution in [-0.2, 0) is 11.2 Å². The van der Waals surface area contributed by atoms with Gasteiger partial charge in [0.1, 0.15) is 5.83 Å². The molecule has 1 fully saturated rings. The van der Waals surface area contributed by atoms with Crippen LogP contribution < -0.4 is 0 Å². The minimum absolute atomic E-state index is 0.0563. The molecule has 0 N–H and O–H groups in total. The third-order valence-corrected chi connectivity index (χ3v) is 4.86. The third-order valence-electron chi connectivity index (χ3n) is 4.86. The Kier molecular flexibility index (Phi) is 6.60. The van der Waals surface area contributed by atoms with Gasteiger partial charge < -0.3 is 4.74 Å². The molecule has 1 aliphatic rings. The lowest BCUT2D eigenvalue weighted by Gasteiger charge is -2.25. The molecule has 1 nitrogen and oxygen atoms in total. The zero-order chi connectivity index (χ0) is 18.6. The first-order valence-corrected chi connectivity index (χ1v) is 8.46. The zero-order valence-corrected chi connectivity index (χ0v) is 14.4. The Balaban J connectivity index is 2.09. The van der Waals surface area contributed by atoms with Crippen LogP contribution >= 0.6 is 0 Å². The van der Waals surface area contributed by atoms with Gasteiger partial charge in [0.05, 0.1) is 0 Å². The molecule has 25 heavy (non-hydrogen) atoms. The number of hydrogen-bond acceptors (Lipinski definition) is 1. The number of halogens is 5. The predicted octanol–water partition coefficient (Wildman–Crippen LogP) is 6.24. The maximum absolute atomic E-state index is 14.4. The number of alkyl halides is 3. The monoisotopic (exact) mass is 362 g/mol. The van der Waals surface area contributed by atoms with Crippen LogP contribution in [0, 0.1) is 11.8 Å². The SMILES string of the molecule is COC(Cc1ccc(/C(F)=C(/F)C2CCC(C)CC2)cc1)C(F)(F)F. The van der Waals surface area contributed by atoms with Gasteiger partial charge >= 0.3 is 6.18 Å². The lowest BCUT2D eigenvalue weighted by molar-refractivity contribution is -0.212. The second-order valence-electron chi connectivity index (χ2n) is 6.79. The van der Waals surface area contributed by atoms with Crippen LogP contribution in [-0.4, -0.2) is 19.4 Å². The number of rotatable bonds is 5. The fourth-order valence-electron chi connectivity index (χ4n) is 3.16. The number of hydrogen-bond donors (Lipinski definition) is 0. The van der Waals surface area contributed by atoms with Crippen molar-refractivity contribution in [1.82, 2.24) is 0 Å². The molecule has 2 rings (SSSR count). The van der Waals surface area contributed by atoms with Crippen molar-refractivity contribution in [2.24, 2.45) is 11.8 Å². The molecular formula is C19H23F5O. The van der Waals surface area contributed by atoms with Crippen LogP contribution in [0.1, 0.15) is 43.7 Å². The summed E-state index contributed by atoms with van der Waals surface area (Å²) in [5.41, 5.74) is 0.411. The molecule has 0 heterocycles. The highest BCUT2D eigenvalue weighted by atomic mass is 19.4. The standard InChI is InChI=1S/C19H23F5O/c1-12-3-7-14(8-4-12)17(20)18(21)15-9-5-13(6-10-15)11-16(25-2)19(22,23)24/h5-6,9-10,12,14,16H,3-4,7-8,11H2,1-2H3/b18-17-. The Labute approximate surface area is 144 Å². The summed E-state index contributed by atoms with van der Waals surface area (Å²) in [6, 6.07) is 5.39. The van der Waals surface area contributed by atoms with Crippen molar-refractivity contribution in [2.45, 2.75) is 51.3 Å². The summed E-state index contributed by atoms with van der Waals surface area (Å²) in [6.45, 7) is 2.10. The molecule has 0 saturated heterocycles. The average molecular weight is 362 g/mol. The van der Waals surface area contributed by atoms with E-state index in [1.54, 1.807) is 0 Å². The van der Waals surface area contributed by atoms with Crippen LogP contribution in [0.5, 0.6) is 0 Å². The third kappa shape index (κ3) is 5.27. The molecule has 1 unspecified atom stereocenters. The number of allylic oxidation sites excluding steroid dienone is 1. The van der Waals surface area contributed by atoms with Crippen molar-refractivity contribution in [3.63, 3.8) is 0 Å². The fourth-order valence-corrected chi connectivity index (χ4v) is 3.16. The highest BCUT2D eigenvalue weighted by Gasteiger charge is 2.39. The molecule has 0 aliphatic heterocycles. The summed E-state index contributed by atoms with van der Waals surface area (Å²) in [4.78, 5) is 0. The van der Waals surface area contributed by atoms with Gasteiger partial charge in [-0.3, -0.25) is 0 Å². The van der Waals surface area contributed by atoms with Gasteiger partial charge in [-0.15, -0.1) is 0 Å². The summed E-state index contributed by atoms with van der Waals surface area (Å²) in [7, 11) is 0.995. The molecule has 1 atom stereocenters. The molecule has 0 spiro atoms. The van der Waals surface area contributed by atoms with Crippen molar-refractivity contribution in [1.29, 1.82) is 0 Å². The number of ether oxygens (including phenoxy) is 1. The first kappa shape index (κ1) is 19.9. The zero-order valence-electron chi connectivity index (χ0n) is 14.4. The summed E-state index contributed by atoms with van der Waals surface area (Å²) < 4.78 is 71.3. The molecule has 0 aromatic heterocycles. The maximum atomic E-state index is 14.4. The summed E-state index contributed by atoms with van der Waals surface area (Å²) in [5, 5.41) is 0. The summed E-state index contributed by atoms with van der Waals surface area (Å²) >= 11 is 0. The molecule has 0 amide bonds. The Morgan fingerprint density at radius 2 is 1.64 bits per heavy atom. The average Bonchev–Trinajstić information content (AvgIpc) is 2.58. The van der Waals surface area contributed by atoms with Crippen molar-refractivity contribution in [3.8, 4) is 0 Å². The minimum atomic E-state index is -4.47. The second kappa shape index (κ2) is 8.30. The van der Waals surface area contributed by atoms with E-state index >= 15 is 0 Å². The predicted molar refractivity (Wildman–Crippen MR) is 87.3 cm³/mol. The normalized spacial score (nSPS) is 24.0. The molecule has 1 saturated carbocycles. The largest absolute Gasteiger partial charge is 0.414 e. The highest BCUT2D eigenvalue weighted by Crippen LogP contribution is 2.37. The number of benzene rings is 1. The molecule has 1 aromatic carbocycles. The first-order valence-electron chi connectivity index (χ1n) is 8.46. The molecule has 1 aromatic rings. The van der Waals surface area contributed by atoms with Crippen LogP contribution in [0.4, 0.5) is 22.0 Å². The van der Waals surface area contributed by atoms with Crippen LogP contribution in [0.2, 0.25) is 0 Å². The van der Waals surface area contributed by atoms with E-state index in [0.717, 1.165) is 20.0 Å². The Hall–Kier alpha value is -1.43. The Morgan fingerprint density at radius 3 is 2.12 bits per heavy atom. The molecule has 1 aliphatic carbocycles. The lowest BCUT2D eigenvalue weighted by atomic mass is 9.82. The van der Waals surface area contributed by atoms with Gasteiger partial charge in [0.2, 0.25) is 0 Å². The van der Waals surface area contributed by atoms with Crippen LogP contribution in [0.25, 0.3) is 5.83 Å². The summed E-state index contributed by atoms with van der Waals surface area (Å²) in [6.07, 6.45) is -3.75. The van der Waals surface area contributed by atoms with E-state index in [4.69, 9.17) is 0 Å². The topological polar surface area (TPSA) is 9.23 Å². The molecule has 0 bridgehead atoms. The van der Waals surface area contributed by atoms with Crippen molar-refractivity contribution in [2.75, 3.05) is 7.11 Å². The van der Waals surface area contributed by atoms with Gasteiger partial charge in [0, 0.05) is 25.0 Å². The molecular weight excluding hydrogens is 339 g/mol. The van der Waals surface area contributed by atoms with Crippen molar-refractivity contribution in [3.05, 3.63) is 41.2 Å². The van der Waals surface area contributed by atoms with Crippen molar-refractivity contribution < 1.29 is 26.7 Å². The van der Waals surface area contributed by atoms with Gasteiger partial charge in [-0.05, 0) is 24.3 Å². The van der Waals surface area contributed by atoms with E-state index < -0.39 is 29.9 Å². The summed E-state index contributed by atoms with van der Waals surface area (Å²) in [5.74, 6) is -1.53. The lowest BCUT2D eigenvalue weighted by Crippen LogP contribution is -2.32. The van der Waals surface area contributed by atoms with Gasteiger partial charge in [0.15, 0.2) is 11.9 Å². The van der Waals surface area contributed by atoms with Crippen molar-refractivity contribution >= 4 is 5.83 Å². The van der Waals surface area contributed by atoms with E-state index in [1.807, 2.05) is 0 Å². The van der Waals surface area contributed by atoms with Crippen LogP contribution in [0.3, 0.4) is 0 Å². The van der Waals surface area contributed by atoms with Gasteiger partial charge in [-0.2, -0.15) is 13.2 Å². The van der Waals surface area contributed by atoms with E-state index in [-0.39, 0.29) is 12.0 Å². The second-order valence-corrected chi connectivity index (χ2v) is 6.79. The first-order chi connectivity index (χ1) is 11.7. The van der Waals surface area contributed by atoms with E-state index in [2.05, 4.69) is 11.7 Å². The smallest absolute Gasteiger partial charge is 0.372 e. The van der Waals surface area contributed by atoms with Gasteiger partial charge in [0.25, 0.3) is 0 Å². The Morgan fingerprint density at radius 1 is 1.08 bits per heavy atom. The maximum Gasteiger partial charge on any atom is 0.414 e. The molecule has 6 heteroatoms.